The summed E-state index contributed by atoms with van der Waals surface area (Å²) in [6, 6.07) is 8.60. The zero-order chi connectivity index (χ0) is 12.0. The SMILES string of the molecule is COC(=O)[C@@H](OC(=O)CCl)c1ccccc1. The van der Waals surface area contributed by atoms with Crippen molar-refractivity contribution in [3.8, 4) is 0 Å². The van der Waals surface area contributed by atoms with E-state index in [2.05, 4.69) is 4.74 Å². The highest BCUT2D eigenvalue weighted by molar-refractivity contribution is 6.26. The first-order valence-corrected chi connectivity index (χ1v) is 5.10. The normalized spacial score (nSPS) is 11.6. The van der Waals surface area contributed by atoms with Gasteiger partial charge in [0.1, 0.15) is 5.88 Å². The van der Waals surface area contributed by atoms with Gasteiger partial charge in [-0.2, -0.15) is 0 Å². The largest absolute Gasteiger partial charge is 0.466 e. The van der Waals surface area contributed by atoms with E-state index in [1.807, 2.05) is 0 Å². The van der Waals surface area contributed by atoms with Crippen LogP contribution in [0.15, 0.2) is 30.3 Å². The maximum absolute atomic E-state index is 11.4. The first-order chi connectivity index (χ1) is 7.69. The molecule has 0 saturated heterocycles. The van der Waals surface area contributed by atoms with Crippen LogP contribution in [-0.4, -0.2) is 24.9 Å². The second-order valence-corrected chi connectivity index (χ2v) is 3.20. The summed E-state index contributed by atoms with van der Waals surface area (Å²) < 4.78 is 9.45. The average Bonchev–Trinajstić information content (AvgIpc) is 2.35. The van der Waals surface area contributed by atoms with Gasteiger partial charge in [-0.15, -0.1) is 11.6 Å². The second kappa shape index (κ2) is 6.12. The Morgan fingerprint density at radius 1 is 1.31 bits per heavy atom. The van der Waals surface area contributed by atoms with E-state index in [4.69, 9.17) is 16.3 Å². The zero-order valence-electron chi connectivity index (χ0n) is 8.68. The molecule has 0 aromatic heterocycles. The quantitative estimate of drug-likeness (QED) is 0.596. The molecule has 1 atom stereocenters. The fourth-order valence-corrected chi connectivity index (χ4v) is 1.21. The van der Waals surface area contributed by atoms with E-state index in [1.165, 1.54) is 7.11 Å². The molecule has 0 bridgehead atoms. The van der Waals surface area contributed by atoms with Gasteiger partial charge in [0.2, 0.25) is 6.10 Å². The van der Waals surface area contributed by atoms with Crippen LogP contribution in [0.5, 0.6) is 0 Å². The third kappa shape index (κ3) is 3.24. The minimum atomic E-state index is -1.06. The van der Waals surface area contributed by atoms with Gasteiger partial charge in [0.15, 0.2) is 0 Å². The molecule has 4 nitrogen and oxygen atoms in total. The lowest BCUT2D eigenvalue weighted by molar-refractivity contribution is -0.165. The molecule has 0 N–H and O–H groups in total. The second-order valence-electron chi connectivity index (χ2n) is 2.94. The lowest BCUT2D eigenvalue weighted by Crippen LogP contribution is -2.21. The van der Waals surface area contributed by atoms with Crippen molar-refractivity contribution in [1.29, 1.82) is 0 Å². The predicted molar refractivity (Wildman–Crippen MR) is 58.0 cm³/mol. The molecule has 0 amide bonds. The van der Waals surface area contributed by atoms with Gasteiger partial charge in [0.05, 0.1) is 7.11 Å². The van der Waals surface area contributed by atoms with Gasteiger partial charge in [-0.3, -0.25) is 4.79 Å². The van der Waals surface area contributed by atoms with Gasteiger partial charge in [-0.25, -0.2) is 4.79 Å². The summed E-state index contributed by atoms with van der Waals surface area (Å²) in [6.07, 6.45) is -1.06. The molecule has 16 heavy (non-hydrogen) atoms. The van der Waals surface area contributed by atoms with E-state index in [-0.39, 0.29) is 5.88 Å². The Hall–Kier alpha value is -1.55. The Balaban J connectivity index is 2.88. The Bertz CT molecular complexity index is 364. The molecule has 0 heterocycles. The molecule has 1 aromatic rings. The highest BCUT2D eigenvalue weighted by Crippen LogP contribution is 2.18. The maximum Gasteiger partial charge on any atom is 0.351 e. The summed E-state index contributed by atoms with van der Waals surface area (Å²) >= 11 is 5.30. The van der Waals surface area contributed by atoms with Crippen molar-refractivity contribution >= 4 is 23.5 Å². The third-order valence-corrected chi connectivity index (χ3v) is 2.09. The van der Waals surface area contributed by atoms with Gasteiger partial charge >= 0.3 is 11.9 Å². The van der Waals surface area contributed by atoms with Gasteiger partial charge in [-0.1, -0.05) is 30.3 Å². The Morgan fingerprint density at radius 2 is 1.94 bits per heavy atom. The number of esters is 2. The number of methoxy groups -OCH3 is 1. The first kappa shape index (κ1) is 12.5. The summed E-state index contributed by atoms with van der Waals surface area (Å²) in [7, 11) is 1.23. The fraction of sp³-hybridized carbons (Fsp3) is 0.273. The molecule has 1 aromatic carbocycles. The molecule has 0 saturated carbocycles. The summed E-state index contributed by atoms with van der Waals surface area (Å²) in [6.45, 7) is 0. The monoisotopic (exact) mass is 242 g/mol. The van der Waals surface area contributed by atoms with Crippen LogP contribution in [0.25, 0.3) is 0 Å². The van der Waals surface area contributed by atoms with Crippen LogP contribution >= 0.6 is 11.6 Å². The van der Waals surface area contributed by atoms with Crippen molar-refractivity contribution in [2.75, 3.05) is 13.0 Å². The molecular formula is C11H11ClO4. The summed E-state index contributed by atoms with van der Waals surface area (Å²) in [5, 5.41) is 0. The van der Waals surface area contributed by atoms with Crippen molar-refractivity contribution in [1.82, 2.24) is 0 Å². The molecule has 0 aliphatic heterocycles. The molecule has 5 heteroatoms. The minimum Gasteiger partial charge on any atom is -0.466 e. The number of carbonyl (C=O) groups excluding carboxylic acids is 2. The molecule has 0 unspecified atom stereocenters. The minimum absolute atomic E-state index is 0.305. The maximum atomic E-state index is 11.4. The molecule has 86 valence electrons. The van der Waals surface area contributed by atoms with Gasteiger partial charge in [0.25, 0.3) is 0 Å². The topological polar surface area (TPSA) is 52.6 Å². The number of ether oxygens (including phenoxy) is 2. The van der Waals surface area contributed by atoms with E-state index < -0.39 is 18.0 Å². The number of hydrogen-bond donors (Lipinski definition) is 0. The van der Waals surface area contributed by atoms with Gasteiger partial charge in [-0.05, 0) is 0 Å². The summed E-state index contributed by atoms with van der Waals surface area (Å²) in [5.74, 6) is -1.61. The molecular weight excluding hydrogens is 232 g/mol. The Kier molecular flexibility index (Phi) is 4.79. The van der Waals surface area contributed by atoms with Crippen molar-refractivity contribution < 1.29 is 19.1 Å². The lowest BCUT2D eigenvalue weighted by atomic mass is 10.1. The van der Waals surface area contributed by atoms with Crippen LogP contribution < -0.4 is 0 Å². The van der Waals surface area contributed by atoms with Crippen molar-refractivity contribution in [2.24, 2.45) is 0 Å². The van der Waals surface area contributed by atoms with Gasteiger partial charge < -0.3 is 9.47 Å². The Morgan fingerprint density at radius 3 is 2.44 bits per heavy atom. The highest BCUT2D eigenvalue weighted by Gasteiger charge is 2.25. The smallest absolute Gasteiger partial charge is 0.351 e. The van der Waals surface area contributed by atoms with Gasteiger partial charge in [0, 0.05) is 5.56 Å². The number of carbonyl (C=O) groups is 2. The predicted octanol–water partition coefficient (Wildman–Crippen LogP) is 1.68. The number of hydrogen-bond acceptors (Lipinski definition) is 4. The zero-order valence-corrected chi connectivity index (χ0v) is 9.44. The third-order valence-electron chi connectivity index (χ3n) is 1.88. The molecule has 1 rings (SSSR count). The van der Waals surface area contributed by atoms with Crippen LogP contribution in [-0.2, 0) is 19.1 Å². The van der Waals surface area contributed by atoms with Crippen molar-refractivity contribution in [3.05, 3.63) is 35.9 Å². The summed E-state index contributed by atoms with van der Waals surface area (Å²) in [4.78, 5) is 22.5. The van der Waals surface area contributed by atoms with E-state index >= 15 is 0 Å². The van der Waals surface area contributed by atoms with Crippen LogP contribution in [0.4, 0.5) is 0 Å². The molecule has 0 spiro atoms. The number of benzene rings is 1. The van der Waals surface area contributed by atoms with Crippen LogP contribution in [0.3, 0.4) is 0 Å². The Labute approximate surface area is 98.1 Å². The van der Waals surface area contributed by atoms with Crippen LogP contribution in [0.2, 0.25) is 0 Å². The molecule has 0 aliphatic rings. The fourth-order valence-electron chi connectivity index (χ4n) is 1.15. The first-order valence-electron chi connectivity index (χ1n) is 4.57. The molecule has 0 aliphatic carbocycles. The average molecular weight is 243 g/mol. The van der Waals surface area contributed by atoms with E-state index in [0.29, 0.717) is 5.56 Å². The van der Waals surface area contributed by atoms with E-state index in [9.17, 15) is 9.59 Å². The molecule has 0 fully saturated rings. The van der Waals surface area contributed by atoms with Crippen molar-refractivity contribution in [3.63, 3.8) is 0 Å². The van der Waals surface area contributed by atoms with Crippen LogP contribution in [0, 0.1) is 0 Å². The van der Waals surface area contributed by atoms with E-state index in [0.717, 1.165) is 0 Å². The van der Waals surface area contributed by atoms with E-state index in [1.54, 1.807) is 30.3 Å². The summed E-state index contributed by atoms with van der Waals surface area (Å²) in [5.41, 5.74) is 0.549. The number of alkyl halides is 1. The number of halogens is 1. The number of rotatable bonds is 4. The standard InChI is InChI=1S/C11H11ClO4/c1-15-11(14)10(16-9(13)7-12)8-5-3-2-4-6-8/h2-6,10H,7H2,1H3/t10-/m0/s1. The van der Waals surface area contributed by atoms with Crippen molar-refractivity contribution in [2.45, 2.75) is 6.10 Å². The lowest BCUT2D eigenvalue weighted by Gasteiger charge is -2.14. The molecule has 0 radical (unpaired) electrons. The van der Waals surface area contributed by atoms with Crippen LogP contribution in [0.1, 0.15) is 11.7 Å². The highest BCUT2D eigenvalue weighted by atomic mass is 35.5.